The maximum Gasteiger partial charge on any atom is 0.418 e. The second-order valence-electron chi connectivity index (χ2n) is 4.87. The minimum absolute atomic E-state index is 0.0659. The van der Waals surface area contributed by atoms with Crippen molar-refractivity contribution in [3.8, 4) is 0 Å². The average Bonchev–Trinajstić information content (AvgIpc) is 3.06. The van der Waals surface area contributed by atoms with E-state index in [0.29, 0.717) is 18.1 Å². The maximum atomic E-state index is 13.0. The van der Waals surface area contributed by atoms with E-state index in [1.165, 1.54) is 24.4 Å². The lowest BCUT2D eigenvalue weighted by Crippen LogP contribution is -2.10. The van der Waals surface area contributed by atoms with Gasteiger partial charge >= 0.3 is 6.18 Å². The van der Waals surface area contributed by atoms with Crippen LogP contribution in [0.3, 0.4) is 0 Å². The number of furan rings is 1. The van der Waals surface area contributed by atoms with E-state index in [2.05, 4.69) is 20.6 Å². The van der Waals surface area contributed by atoms with Gasteiger partial charge in [0.1, 0.15) is 11.6 Å². The Morgan fingerprint density at radius 3 is 2.62 bits per heavy atom. The van der Waals surface area contributed by atoms with Crippen LogP contribution in [0.4, 0.5) is 30.6 Å². The van der Waals surface area contributed by atoms with Crippen molar-refractivity contribution >= 4 is 17.5 Å². The number of aromatic nitrogens is 2. The Bertz CT molecular complexity index is 803. The minimum Gasteiger partial charge on any atom is -0.467 e. The number of anilines is 3. The molecule has 2 N–H and O–H groups in total. The van der Waals surface area contributed by atoms with Gasteiger partial charge < -0.3 is 15.1 Å². The molecule has 2 aromatic heterocycles. The van der Waals surface area contributed by atoms with E-state index in [1.54, 1.807) is 24.5 Å². The summed E-state index contributed by atoms with van der Waals surface area (Å²) in [7, 11) is 0. The van der Waals surface area contributed by atoms with Crippen LogP contribution in [0.15, 0.2) is 59.3 Å². The zero-order chi connectivity index (χ0) is 17.0. The summed E-state index contributed by atoms with van der Waals surface area (Å²) >= 11 is 0. The first-order valence-corrected chi connectivity index (χ1v) is 7.05. The Kier molecular flexibility index (Phi) is 4.37. The molecule has 8 heteroatoms. The van der Waals surface area contributed by atoms with Crippen LogP contribution in [-0.4, -0.2) is 9.97 Å². The van der Waals surface area contributed by atoms with E-state index in [4.69, 9.17) is 4.42 Å². The number of para-hydroxylation sites is 1. The maximum absolute atomic E-state index is 13.0. The second kappa shape index (κ2) is 6.61. The molecule has 5 nitrogen and oxygen atoms in total. The number of alkyl halides is 3. The highest BCUT2D eigenvalue weighted by Gasteiger charge is 2.33. The normalized spacial score (nSPS) is 11.3. The molecule has 0 aliphatic carbocycles. The largest absolute Gasteiger partial charge is 0.467 e. The van der Waals surface area contributed by atoms with E-state index in [9.17, 15) is 13.2 Å². The average molecular weight is 334 g/mol. The van der Waals surface area contributed by atoms with Crippen LogP contribution in [0.2, 0.25) is 0 Å². The highest BCUT2D eigenvalue weighted by atomic mass is 19.4. The molecule has 0 aliphatic heterocycles. The third-order valence-corrected chi connectivity index (χ3v) is 3.16. The third kappa shape index (κ3) is 3.83. The fourth-order valence-corrected chi connectivity index (χ4v) is 2.07. The van der Waals surface area contributed by atoms with Crippen molar-refractivity contribution in [1.82, 2.24) is 9.97 Å². The molecular formula is C16H13F3N4O. The van der Waals surface area contributed by atoms with Crippen molar-refractivity contribution < 1.29 is 17.6 Å². The van der Waals surface area contributed by atoms with E-state index in [-0.39, 0.29) is 11.6 Å². The SMILES string of the molecule is FC(F)(F)c1ccccc1Nc1nccc(NCc2ccco2)n1. The Morgan fingerprint density at radius 1 is 1.04 bits per heavy atom. The van der Waals surface area contributed by atoms with Gasteiger partial charge in [-0.1, -0.05) is 12.1 Å². The fourth-order valence-electron chi connectivity index (χ4n) is 2.07. The molecule has 2 heterocycles. The van der Waals surface area contributed by atoms with Crippen molar-refractivity contribution in [2.75, 3.05) is 10.6 Å². The minimum atomic E-state index is -4.46. The number of halogens is 3. The summed E-state index contributed by atoms with van der Waals surface area (Å²) in [4.78, 5) is 8.10. The number of benzene rings is 1. The topological polar surface area (TPSA) is 63.0 Å². The van der Waals surface area contributed by atoms with Crippen molar-refractivity contribution in [2.45, 2.75) is 12.7 Å². The Morgan fingerprint density at radius 2 is 1.88 bits per heavy atom. The lowest BCUT2D eigenvalue weighted by atomic mass is 10.1. The molecule has 0 bridgehead atoms. The predicted octanol–water partition coefficient (Wildman–Crippen LogP) is 4.44. The molecule has 0 saturated carbocycles. The van der Waals surface area contributed by atoms with Gasteiger partial charge in [-0.2, -0.15) is 18.2 Å². The van der Waals surface area contributed by atoms with Crippen molar-refractivity contribution in [2.24, 2.45) is 0 Å². The van der Waals surface area contributed by atoms with Gasteiger partial charge in [0.2, 0.25) is 5.95 Å². The van der Waals surface area contributed by atoms with Crippen LogP contribution in [-0.2, 0) is 12.7 Å². The van der Waals surface area contributed by atoms with Gasteiger partial charge in [0.25, 0.3) is 0 Å². The molecule has 0 amide bonds. The zero-order valence-electron chi connectivity index (χ0n) is 12.3. The molecule has 3 aromatic rings. The quantitative estimate of drug-likeness (QED) is 0.722. The summed E-state index contributed by atoms with van der Waals surface area (Å²) < 4.78 is 44.2. The van der Waals surface area contributed by atoms with Gasteiger partial charge in [-0.05, 0) is 30.3 Å². The highest BCUT2D eigenvalue weighted by molar-refractivity contribution is 5.60. The van der Waals surface area contributed by atoms with Gasteiger partial charge in [0.15, 0.2) is 0 Å². The first-order valence-electron chi connectivity index (χ1n) is 7.05. The Hall–Kier alpha value is -3.03. The predicted molar refractivity (Wildman–Crippen MR) is 82.8 cm³/mol. The Balaban J connectivity index is 1.75. The first-order chi connectivity index (χ1) is 11.5. The van der Waals surface area contributed by atoms with E-state index in [1.807, 2.05) is 0 Å². The molecule has 0 spiro atoms. The molecule has 0 atom stereocenters. The standard InChI is InChI=1S/C16H13F3N4O/c17-16(18,19)12-5-1-2-6-13(12)22-15-20-8-7-14(23-15)21-10-11-4-3-9-24-11/h1-9H,10H2,(H2,20,21,22,23). The number of rotatable bonds is 5. The van der Waals surface area contributed by atoms with E-state index < -0.39 is 11.7 Å². The summed E-state index contributed by atoms with van der Waals surface area (Å²) in [6.07, 6.45) is -1.45. The lowest BCUT2D eigenvalue weighted by molar-refractivity contribution is -0.136. The van der Waals surface area contributed by atoms with Crippen molar-refractivity contribution in [3.63, 3.8) is 0 Å². The number of nitrogens with zero attached hydrogens (tertiary/aromatic N) is 2. The van der Waals surface area contributed by atoms with Crippen LogP contribution in [0.5, 0.6) is 0 Å². The Labute approximate surface area is 135 Å². The molecule has 0 fully saturated rings. The molecule has 1 aromatic carbocycles. The molecule has 0 saturated heterocycles. The number of hydrogen-bond donors (Lipinski definition) is 2. The monoisotopic (exact) mass is 334 g/mol. The summed E-state index contributed by atoms with van der Waals surface area (Å²) in [5.74, 6) is 1.25. The molecule has 3 rings (SSSR count). The van der Waals surface area contributed by atoms with Crippen LogP contribution in [0.1, 0.15) is 11.3 Å². The van der Waals surface area contributed by atoms with E-state index in [0.717, 1.165) is 6.07 Å². The molecular weight excluding hydrogens is 321 g/mol. The smallest absolute Gasteiger partial charge is 0.418 e. The van der Waals surface area contributed by atoms with Crippen LogP contribution in [0, 0.1) is 0 Å². The lowest BCUT2D eigenvalue weighted by Gasteiger charge is -2.13. The number of nitrogens with one attached hydrogen (secondary N) is 2. The van der Waals surface area contributed by atoms with Crippen LogP contribution in [0.25, 0.3) is 0 Å². The van der Waals surface area contributed by atoms with Crippen molar-refractivity contribution in [3.05, 3.63) is 66.2 Å². The summed E-state index contributed by atoms with van der Waals surface area (Å²) in [6, 6.07) is 10.3. The van der Waals surface area contributed by atoms with Crippen LogP contribution < -0.4 is 10.6 Å². The van der Waals surface area contributed by atoms with Gasteiger partial charge in [-0.25, -0.2) is 4.98 Å². The number of hydrogen-bond acceptors (Lipinski definition) is 5. The first kappa shape index (κ1) is 15.9. The van der Waals surface area contributed by atoms with Gasteiger partial charge in [0.05, 0.1) is 24.1 Å². The molecule has 0 unspecified atom stereocenters. The van der Waals surface area contributed by atoms with Crippen molar-refractivity contribution in [1.29, 1.82) is 0 Å². The third-order valence-electron chi connectivity index (χ3n) is 3.16. The summed E-state index contributed by atoms with van der Waals surface area (Å²) in [5, 5.41) is 5.62. The zero-order valence-corrected chi connectivity index (χ0v) is 12.3. The molecule has 0 radical (unpaired) electrons. The summed E-state index contributed by atoms with van der Waals surface area (Å²) in [5.41, 5.74) is -0.879. The molecule has 24 heavy (non-hydrogen) atoms. The van der Waals surface area contributed by atoms with Crippen LogP contribution >= 0.6 is 0 Å². The fraction of sp³-hybridized carbons (Fsp3) is 0.125. The summed E-state index contributed by atoms with van der Waals surface area (Å²) in [6.45, 7) is 0.405. The van der Waals surface area contributed by atoms with Gasteiger partial charge in [-0.15, -0.1) is 0 Å². The highest BCUT2D eigenvalue weighted by Crippen LogP contribution is 2.35. The molecule has 0 aliphatic rings. The molecule has 124 valence electrons. The van der Waals surface area contributed by atoms with Gasteiger partial charge in [0, 0.05) is 6.20 Å². The van der Waals surface area contributed by atoms with E-state index >= 15 is 0 Å². The second-order valence-corrected chi connectivity index (χ2v) is 4.87. The van der Waals surface area contributed by atoms with Gasteiger partial charge in [-0.3, -0.25) is 0 Å².